The monoisotopic (exact) mass is 827 g/mol. The second kappa shape index (κ2) is 22.7. The maximum atomic E-state index is 13.2. The van der Waals surface area contributed by atoms with E-state index in [1.165, 1.54) is 14.0 Å². The molecule has 3 heterocycles. The molecule has 0 amide bonds. The number of allylic oxidation sites excluding steroid dienone is 2. The van der Waals surface area contributed by atoms with Crippen LogP contribution in [0, 0.1) is 17.8 Å². The Kier molecular flexibility index (Phi) is 19.4. The van der Waals surface area contributed by atoms with E-state index in [0.29, 0.717) is 12.7 Å². The quantitative estimate of drug-likeness (QED) is 0.147. The largest absolute Gasteiger partial charge is 0.462 e. The van der Waals surface area contributed by atoms with E-state index in [2.05, 4.69) is 0 Å². The van der Waals surface area contributed by atoms with Gasteiger partial charge in [-0.3, -0.25) is 14.4 Å². The van der Waals surface area contributed by atoms with Gasteiger partial charge in [-0.15, -0.1) is 0 Å². The van der Waals surface area contributed by atoms with Crippen LogP contribution in [-0.2, 0) is 57.1 Å². The molecule has 16 nitrogen and oxygen atoms in total. The average Bonchev–Trinajstić information content (AvgIpc) is 3.09. The molecule has 2 fully saturated rings. The molecular weight excluding hydrogens is 758 g/mol. The first-order valence-corrected chi connectivity index (χ1v) is 20.4. The maximum Gasteiger partial charge on any atom is 0.309 e. The Morgan fingerprint density at radius 3 is 2.29 bits per heavy atom. The Morgan fingerprint density at radius 2 is 1.71 bits per heavy atom. The van der Waals surface area contributed by atoms with E-state index >= 15 is 0 Å². The van der Waals surface area contributed by atoms with Gasteiger partial charge in [0.25, 0.3) is 0 Å². The summed E-state index contributed by atoms with van der Waals surface area (Å²) in [6.07, 6.45) is -4.11. The molecule has 0 aromatic carbocycles. The lowest BCUT2D eigenvalue weighted by molar-refractivity contribution is -0.344. The van der Waals surface area contributed by atoms with Crippen molar-refractivity contribution in [2.45, 2.75) is 179 Å². The van der Waals surface area contributed by atoms with Crippen molar-refractivity contribution in [2.24, 2.45) is 17.8 Å². The highest BCUT2D eigenvalue weighted by Crippen LogP contribution is 2.38. The molecule has 16 heteroatoms. The van der Waals surface area contributed by atoms with Crippen LogP contribution in [0.5, 0.6) is 0 Å². The fraction of sp³-hybridized carbons (Fsp3) is 0.810. The van der Waals surface area contributed by atoms with Gasteiger partial charge in [0.05, 0.1) is 36.9 Å². The van der Waals surface area contributed by atoms with E-state index in [0.717, 1.165) is 0 Å². The van der Waals surface area contributed by atoms with E-state index in [4.69, 9.17) is 37.9 Å². The topological polar surface area (TPSA) is 206 Å². The Labute approximate surface area is 343 Å². The van der Waals surface area contributed by atoms with Gasteiger partial charge in [0.1, 0.15) is 42.4 Å². The summed E-state index contributed by atoms with van der Waals surface area (Å²) in [7, 11) is 4.86. The second-order valence-electron chi connectivity index (χ2n) is 17.0. The van der Waals surface area contributed by atoms with Gasteiger partial charge in [0.15, 0.2) is 18.7 Å². The highest BCUT2D eigenvalue weighted by atomic mass is 16.7. The number of ether oxygens (including phenoxy) is 8. The lowest BCUT2D eigenvalue weighted by Crippen LogP contribution is -2.66. The minimum Gasteiger partial charge on any atom is -0.462 e. The summed E-state index contributed by atoms with van der Waals surface area (Å²) in [5, 5.41) is 34.6. The lowest BCUT2D eigenvalue weighted by atomic mass is 9.82. The SMILES string of the molecule is CO[C@@H]1[C@H](O[C@@H]2O[C@H](C)[C@@H](O[C@H]3C[C@@](C)(O)[C@@H](OC(=O)CC(C)C)[C@H](C)O3)[C@H](N(C)C)[C@H]2O)[C@H](CC=O)C[C@@H](C)[C@@H](O)/C=C/C=C/C[C@@H](C)OC(=O)C[C@H]1OC(C)=O. The van der Waals surface area contributed by atoms with Crippen molar-refractivity contribution >= 4 is 24.2 Å². The third kappa shape index (κ3) is 14.2. The Bertz CT molecular complexity index is 1390. The van der Waals surface area contributed by atoms with Gasteiger partial charge in [-0.2, -0.15) is 0 Å². The number of methoxy groups -OCH3 is 1. The van der Waals surface area contributed by atoms with Crippen LogP contribution < -0.4 is 0 Å². The molecule has 2 saturated heterocycles. The predicted octanol–water partition coefficient (Wildman–Crippen LogP) is 3.01. The number of rotatable bonds is 12. The number of likely N-dealkylation sites (N-methyl/N-ethyl adjacent to an activating group) is 1. The van der Waals surface area contributed by atoms with Crippen molar-refractivity contribution in [3.63, 3.8) is 0 Å². The number of aldehydes is 1. The summed E-state index contributed by atoms with van der Waals surface area (Å²) in [5.74, 6) is -2.82. The summed E-state index contributed by atoms with van der Waals surface area (Å²) in [4.78, 5) is 52.3. The minimum atomic E-state index is -1.50. The van der Waals surface area contributed by atoms with Crippen LogP contribution in [0.2, 0.25) is 0 Å². The second-order valence-corrected chi connectivity index (χ2v) is 17.0. The van der Waals surface area contributed by atoms with Crippen molar-refractivity contribution < 1.29 is 72.4 Å². The maximum absolute atomic E-state index is 13.2. The normalized spacial score (nSPS) is 40.7. The molecule has 3 rings (SSSR count). The molecule has 3 N–H and O–H groups in total. The molecule has 0 radical (unpaired) electrons. The molecule has 3 aliphatic heterocycles. The van der Waals surface area contributed by atoms with Crippen LogP contribution in [-0.4, -0.2) is 151 Å². The van der Waals surface area contributed by atoms with E-state index in [-0.39, 0.29) is 31.6 Å². The van der Waals surface area contributed by atoms with Crippen molar-refractivity contribution in [3.05, 3.63) is 24.3 Å². The molecule has 0 aromatic rings. The third-order valence-electron chi connectivity index (χ3n) is 10.9. The van der Waals surface area contributed by atoms with E-state index in [1.54, 1.807) is 71.0 Å². The molecule has 3 aliphatic rings. The van der Waals surface area contributed by atoms with Gasteiger partial charge in [-0.25, -0.2) is 0 Å². The van der Waals surface area contributed by atoms with Gasteiger partial charge in [-0.1, -0.05) is 45.1 Å². The highest BCUT2D eigenvalue weighted by Gasteiger charge is 2.53. The molecule has 58 heavy (non-hydrogen) atoms. The number of aliphatic hydroxyl groups excluding tert-OH is 2. The van der Waals surface area contributed by atoms with Crippen LogP contribution >= 0.6 is 0 Å². The van der Waals surface area contributed by atoms with Crippen LogP contribution in [0.1, 0.15) is 93.9 Å². The molecular formula is C42H69NO15. The van der Waals surface area contributed by atoms with Crippen LogP contribution in [0.25, 0.3) is 0 Å². The van der Waals surface area contributed by atoms with Crippen molar-refractivity contribution in [3.8, 4) is 0 Å². The van der Waals surface area contributed by atoms with Crippen molar-refractivity contribution in [1.82, 2.24) is 4.90 Å². The van der Waals surface area contributed by atoms with E-state index < -0.39 is 121 Å². The van der Waals surface area contributed by atoms with Crippen LogP contribution in [0.3, 0.4) is 0 Å². The highest BCUT2D eigenvalue weighted by molar-refractivity contribution is 5.72. The Hall–Kier alpha value is -2.80. The summed E-state index contributed by atoms with van der Waals surface area (Å²) < 4.78 is 48.6. The summed E-state index contributed by atoms with van der Waals surface area (Å²) in [5.41, 5.74) is -1.50. The summed E-state index contributed by atoms with van der Waals surface area (Å²) in [6, 6.07) is -0.782. The first-order valence-electron chi connectivity index (χ1n) is 20.4. The summed E-state index contributed by atoms with van der Waals surface area (Å²) in [6.45, 7) is 13.5. The zero-order chi connectivity index (χ0) is 43.5. The standard InChI is InChI=1S/C42H69NO15/c1-23(2)19-32(47)56-40-27(6)53-34(22-42(40,8)50)57-37-26(5)54-41(36(49)35(37)43(9)10)58-38-29(17-18-44)20-24(3)30(46)16-14-12-13-15-25(4)52-33(48)21-31(39(38)51-11)55-28(7)45/h12-14,16,18,23-27,29-31,34-41,46,49-50H,15,17,19-22H2,1-11H3/b13-12+,16-14+/t24-,25-,26-,27+,29-,30+,31-,34+,35-,36-,37-,38-,39+,40+,41+,42-/m1/s1. The number of nitrogens with zero attached hydrogens (tertiary/aromatic N) is 1. The first-order chi connectivity index (χ1) is 27.2. The number of hydrogen-bond donors (Lipinski definition) is 3. The Morgan fingerprint density at radius 1 is 1.02 bits per heavy atom. The zero-order valence-electron chi connectivity index (χ0n) is 36.1. The molecule has 0 bridgehead atoms. The number of hydrogen-bond acceptors (Lipinski definition) is 16. The minimum absolute atomic E-state index is 0.0460. The molecule has 0 unspecified atom stereocenters. The number of carbonyl (C=O) groups excluding carboxylic acids is 4. The zero-order valence-corrected chi connectivity index (χ0v) is 36.1. The van der Waals surface area contributed by atoms with Gasteiger partial charge in [0, 0.05) is 39.7 Å². The smallest absolute Gasteiger partial charge is 0.309 e. The molecule has 0 aliphatic carbocycles. The number of carbonyl (C=O) groups is 4. The van der Waals surface area contributed by atoms with Gasteiger partial charge in [0.2, 0.25) is 0 Å². The lowest BCUT2D eigenvalue weighted by Gasteiger charge is -2.50. The number of cyclic esters (lactones) is 1. The molecule has 332 valence electrons. The van der Waals surface area contributed by atoms with Crippen molar-refractivity contribution in [1.29, 1.82) is 0 Å². The third-order valence-corrected chi connectivity index (χ3v) is 10.9. The van der Waals surface area contributed by atoms with E-state index in [9.17, 15) is 34.5 Å². The predicted molar refractivity (Wildman–Crippen MR) is 210 cm³/mol. The first kappa shape index (κ1) is 49.6. The fourth-order valence-corrected chi connectivity index (χ4v) is 8.08. The van der Waals surface area contributed by atoms with Crippen LogP contribution in [0.4, 0.5) is 0 Å². The van der Waals surface area contributed by atoms with Gasteiger partial charge >= 0.3 is 17.9 Å². The van der Waals surface area contributed by atoms with Gasteiger partial charge < -0.3 is 62.9 Å². The van der Waals surface area contributed by atoms with Crippen LogP contribution in [0.15, 0.2) is 24.3 Å². The molecule has 0 spiro atoms. The molecule has 0 saturated carbocycles. The summed E-state index contributed by atoms with van der Waals surface area (Å²) >= 11 is 0. The molecule has 16 atom stereocenters. The average molecular weight is 828 g/mol. The number of esters is 3. The van der Waals surface area contributed by atoms with E-state index in [1.807, 2.05) is 20.8 Å². The van der Waals surface area contributed by atoms with Crippen molar-refractivity contribution in [2.75, 3.05) is 21.2 Å². The fourth-order valence-electron chi connectivity index (χ4n) is 8.08. The molecule has 0 aromatic heterocycles. The number of aliphatic hydroxyl groups is 3. The Balaban J connectivity index is 1.98. The van der Waals surface area contributed by atoms with Gasteiger partial charge in [-0.05, 0) is 66.0 Å².